The fourth-order valence-electron chi connectivity index (χ4n) is 1.52. The molecule has 0 bridgehead atoms. The van der Waals surface area contributed by atoms with Gasteiger partial charge in [0.1, 0.15) is 5.82 Å². The van der Waals surface area contributed by atoms with Gasteiger partial charge in [0.25, 0.3) is 0 Å². The molecule has 70 valence electrons. The van der Waals surface area contributed by atoms with E-state index in [2.05, 4.69) is 15.2 Å². The molecule has 13 heavy (non-hydrogen) atoms. The fraction of sp³-hybridized carbons (Fsp3) is 0.444. The van der Waals surface area contributed by atoms with Gasteiger partial charge in [-0.1, -0.05) is 12.2 Å². The van der Waals surface area contributed by atoms with E-state index in [1.165, 1.54) is 0 Å². The second kappa shape index (κ2) is 3.89. The molecule has 1 saturated heterocycles. The van der Waals surface area contributed by atoms with Crippen LogP contribution in [0.25, 0.3) is 0 Å². The summed E-state index contributed by atoms with van der Waals surface area (Å²) in [4.78, 5) is 5.52. The first kappa shape index (κ1) is 8.72. The van der Waals surface area contributed by atoms with E-state index in [-0.39, 0.29) is 0 Å². The molecule has 2 N–H and O–H groups in total. The Bertz CT molecular complexity index is 328. The largest absolute Gasteiger partial charge is 0.356 e. The summed E-state index contributed by atoms with van der Waals surface area (Å²) in [6, 6.07) is 3.92. The molecule has 3 nitrogen and oxygen atoms in total. The van der Waals surface area contributed by atoms with Crippen molar-refractivity contribution in [1.29, 1.82) is 0 Å². The maximum atomic E-state index is 5.11. The topological polar surface area (TPSA) is 31.1 Å². The maximum Gasteiger partial charge on any atom is 0.107 e. The summed E-state index contributed by atoms with van der Waals surface area (Å²) in [7, 11) is 0. The van der Waals surface area contributed by atoms with Gasteiger partial charge in [-0.15, -0.1) is 0 Å². The average molecular weight is 195 g/mol. The molecule has 1 aliphatic heterocycles. The molecule has 1 aliphatic rings. The van der Waals surface area contributed by atoms with Crippen molar-refractivity contribution >= 4 is 18.0 Å². The fourth-order valence-corrected chi connectivity index (χ4v) is 1.70. The van der Waals surface area contributed by atoms with Gasteiger partial charge in [-0.2, -0.15) is 0 Å². The number of nitrogens with one attached hydrogen (secondary N) is 2. The van der Waals surface area contributed by atoms with E-state index in [1.54, 1.807) is 0 Å². The van der Waals surface area contributed by atoms with Crippen LogP contribution in [0.1, 0.15) is 0 Å². The Hall–Kier alpha value is -0.870. The summed E-state index contributed by atoms with van der Waals surface area (Å²) < 4.78 is 0.896. The number of pyridine rings is 1. The van der Waals surface area contributed by atoms with E-state index in [0.717, 1.165) is 36.5 Å². The number of nitrogens with zero attached hydrogens (tertiary/aromatic N) is 1. The Kier molecular flexibility index (Phi) is 2.61. The SMILES string of the molecule is S=c1cc[nH]c(N2CCNCC2)c1. The monoisotopic (exact) mass is 195 g/mol. The second-order valence-electron chi connectivity index (χ2n) is 3.15. The average Bonchev–Trinajstić information content (AvgIpc) is 2.19. The zero-order valence-corrected chi connectivity index (χ0v) is 8.23. The summed E-state index contributed by atoms with van der Waals surface area (Å²) in [5.74, 6) is 1.13. The third-order valence-corrected chi connectivity index (χ3v) is 2.47. The van der Waals surface area contributed by atoms with E-state index in [9.17, 15) is 0 Å². The van der Waals surface area contributed by atoms with Crippen molar-refractivity contribution in [2.75, 3.05) is 31.1 Å². The summed E-state index contributed by atoms with van der Waals surface area (Å²) in [6.07, 6.45) is 1.90. The number of H-pyrrole nitrogens is 1. The lowest BCUT2D eigenvalue weighted by Gasteiger charge is -2.28. The molecule has 2 rings (SSSR count). The summed E-state index contributed by atoms with van der Waals surface area (Å²) in [5, 5.41) is 3.32. The summed E-state index contributed by atoms with van der Waals surface area (Å²) >= 11 is 5.11. The van der Waals surface area contributed by atoms with Crippen LogP contribution in [0.4, 0.5) is 5.82 Å². The summed E-state index contributed by atoms with van der Waals surface area (Å²) in [6.45, 7) is 4.20. The van der Waals surface area contributed by atoms with E-state index in [0.29, 0.717) is 0 Å². The van der Waals surface area contributed by atoms with Gasteiger partial charge in [0.2, 0.25) is 0 Å². The van der Waals surface area contributed by atoms with Crippen LogP contribution in [0.2, 0.25) is 0 Å². The molecule has 1 aromatic heterocycles. The molecule has 0 saturated carbocycles. The van der Waals surface area contributed by atoms with Crippen molar-refractivity contribution in [2.24, 2.45) is 0 Å². The highest BCUT2D eigenvalue weighted by Crippen LogP contribution is 2.10. The third kappa shape index (κ3) is 2.08. The van der Waals surface area contributed by atoms with Crippen LogP contribution in [0.3, 0.4) is 0 Å². The molecule has 0 unspecified atom stereocenters. The Labute approximate surface area is 82.8 Å². The van der Waals surface area contributed by atoms with Crippen molar-refractivity contribution in [3.63, 3.8) is 0 Å². The van der Waals surface area contributed by atoms with Gasteiger partial charge in [0.15, 0.2) is 0 Å². The molecule has 0 amide bonds. The van der Waals surface area contributed by atoms with Crippen LogP contribution in [0, 0.1) is 4.51 Å². The minimum Gasteiger partial charge on any atom is -0.356 e. The maximum absolute atomic E-state index is 5.11. The van der Waals surface area contributed by atoms with Crippen molar-refractivity contribution in [3.05, 3.63) is 22.8 Å². The Morgan fingerprint density at radius 2 is 2.08 bits per heavy atom. The first-order chi connectivity index (χ1) is 6.36. The first-order valence-corrected chi connectivity index (χ1v) is 4.91. The minimum atomic E-state index is 0.896. The molecule has 1 aromatic rings. The molecule has 0 aromatic carbocycles. The molecule has 0 radical (unpaired) electrons. The van der Waals surface area contributed by atoms with Gasteiger partial charge in [0.05, 0.1) is 0 Å². The van der Waals surface area contributed by atoms with Gasteiger partial charge >= 0.3 is 0 Å². The Morgan fingerprint density at radius 3 is 2.77 bits per heavy atom. The Balaban J connectivity index is 2.19. The van der Waals surface area contributed by atoms with Gasteiger partial charge < -0.3 is 15.2 Å². The van der Waals surface area contributed by atoms with Gasteiger partial charge in [-0.05, 0) is 12.1 Å². The van der Waals surface area contributed by atoms with Crippen molar-refractivity contribution in [1.82, 2.24) is 10.3 Å². The molecule has 0 spiro atoms. The van der Waals surface area contributed by atoms with E-state index >= 15 is 0 Å². The quantitative estimate of drug-likeness (QED) is 0.659. The third-order valence-electron chi connectivity index (χ3n) is 2.22. The number of anilines is 1. The highest BCUT2D eigenvalue weighted by Gasteiger charge is 2.09. The minimum absolute atomic E-state index is 0.896. The predicted octanol–water partition coefficient (Wildman–Crippen LogP) is 1.15. The highest BCUT2D eigenvalue weighted by molar-refractivity contribution is 7.71. The second-order valence-corrected chi connectivity index (χ2v) is 3.62. The van der Waals surface area contributed by atoms with Crippen molar-refractivity contribution in [2.45, 2.75) is 0 Å². The number of aromatic nitrogens is 1. The number of rotatable bonds is 1. The number of aromatic amines is 1. The van der Waals surface area contributed by atoms with Crippen molar-refractivity contribution in [3.8, 4) is 0 Å². The van der Waals surface area contributed by atoms with Crippen molar-refractivity contribution < 1.29 is 0 Å². The molecule has 2 heterocycles. The van der Waals surface area contributed by atoms with Gasteiger partial charge in [-0.25, -0.2) is 0 Å². The molecular formula is C9H13N3S. The number of hydrogen-bond donors (Lipinski definition) is 2. The van der Waals surface area contributed by atoms with Gasteiger partial charge in [0, 0.05) is 36.9 Å². The standard InChI is InChI=1S/C9H13N3S/c13-8-1-2-11-9(7-8)12-5-3-10-4-6-12/h1-2,7,10H,3-6H2,(H,11,13). The Morgan fingerprint density at radius 1 is 1.31 bits per heavy atom. The van der Waals surface area contributed by atoms with Crippen LogP contribution in [0.15, 0.2) is 18.3 Å². The van der Waals surface area contributed by atoms with Crippen LogP contribution in [-0.4, -0.2) is 31.2 Å². The van der Waals surface area contributed by atoms with E-state index in [4.69, 9.17) is 12.2 Å². The van der Waals surface area contributed by atoms with Crippen LogP contribution in [0.5, 0.6) is 0 Å². The lowest BCUT2D eigenvalue weighted by molar-refractivity contribution is 0.585. The number of piperazine rings is 1. The molecule has 0 aliphatic carbocycles. The smallest absolute Gasteiger partial charge is 0.107 e. The lowest BCUT2D eigenvalue weighted by atomic mass is 10.3. The van der Waals surface area contributed by atoms with Gasteiger partial charge in [-0.3, -0.25) is 0 Å². The molecule has 0 atom stereocenters. The zero-order valence-electron chi connectivity index (χ0n) is 7.42. The molecule has 4 heteroatoms. The van der Waals surface area contributed by atoms with Crippen LogP contribution in [-0.2, 0) is 0 Å². The highest BCUT2D eigenvalue weighted by atomic mass is 32.1. The van der Waals surface area contributed by atoms with Crippen LogP contribution < -0.4 is 10.2 Å². The van der Waals surface area contributed by atoms with E-state index < -0.39 is 0 Å². The molecule has 1 fully saturated rings. The zero-order chi connectivity index (χ0) is 9.10. The lowest BCUT2D eigenvalue weighted by Crippen LogP contribution is -2.43. The van der Waals surface area contributed by atoms with Crippen LogP contribution >= 0.6 is 12.2 Å². The molecular weight excluding hydrogens is 182 g/mol. The summed E-state index contributed by atoms with van der Waals surface area (Å²) in [5.41, 5.74) is 0. The normalized spacial score (nSPS) is 17.4. The number of hydrogen-bond acceptors (Lipinski definition) is 3. The predicted molar refractivity (Wildman–Crippen MR) is 56.7 cm³/mol. The van der Waals surface area contributed by atoms with E-state index in [1.807, 2.05) is 18.3 Å². The first-order valence-electron chi connectivity index (χ1n) is 4.51.